The van der Waals surface area contributed by atoms with Crippen molar-refractivity contribution >= 4 is 47.3 Å². The molecule has 0 aliphatic carbocycles. The number of primary amides is 2. The summed E-state index contributed by atoms with van der Waals surface area (Å²) in [7, 11) is 0. The minimum Gasteiger partial charge on any atom is -0.480 e. The Kier molecular flexibility index (Phi) is 13.7. The molecule has 0 aliphatic rings. The van der Waals surface area contributed by atoms with Crippen molar-refractivity contribution in [3.63, 3.8) is 0 Å². The van der Waals surface area contributed by atoms with Gasteiger partial charge in [0.2, 0.25) is 29.5 Å². The molecule has 0 spiro atoms. The summed E-state index contributed by atoms with van der Waals surface area (Å²) in [6, 6.07) is -4.90. The van der Waals surface area contributed by atoms with Crippen LogP contribution in [0, 0.1) is 5.92 Å². The normalized spacial score (nSPS) is 14.5. The van der Waals surface area contributed by atoms with E-state index in [9.17, 15) is 33.9 Å². The van der Waals surface area contributed by atoms with E-state index in [1.807, 2.05) is 0 Å². The highest BCUT2D eigenvalue weighted by Gasteiger charge is 2.32. The number of rotatable bonds is 16. The van der Waals surface area contributed by atoms with Gasteiger partial charge in [0.05, 0.1) is 12.5 Å². The largest absolute Gasteiger partial charge is 0.480 e. The van der Waals surface area contributed by atoms with Gasteiger partial charge >= 0.3 is 5.97 Å². The summed E-state index contributed by atoms with van der Waals surface area (Å²) in [5.41, 5.74) is 15.9. The third-order valence-electron chi connectivity index (χ3n) is 4.55. The van der Waals surface area contributed by atoms with Crippen LogP contribution >= 0.6 is 11.8 Å². The Morgan fingerprint density at radius 1 is 0.848 bits per heavy atom. The molecule has 13 nitrogen and oxygen atoms in total. The highest BCUT2D eigenvalue weighted by Crippen LogP contribution is 2.07. The first-order chi connectivity index (χ1) is 15.3. The van der Waals surface area contributed by atoms with Gasteiger partial charge < -0.3 is 38.3 Å². The number of nitrogens with two attached hydrogens (primary N) is 3. The third-order valence-corrected chi connectivity index (χ3v) is 5.19. The fraction of sp³-hybridized carbons (Fsp3) is 0.684. The van der Waals surface area contributed by atoms with Gasteiger partial charge in [-0.1, -0.05) is 13.8 Å². The van der Waals surface area contributed by atoms with Crippen molar-refractivity contribution < 1.29 is 33.9 Å². The highest BCUT2D eigenvalue weighted by atomic mass is 32.2. The smallest absolute Gasteiger partial charge is 0.326 e. The van der Waals surface area contributed by atoms with Crippen LogP contribution in [-0.2, 0) is 28.8 Å². The van der Waals surface area contributed by atoms with Crippen molar-refractivity contribution in [3.05, 3.63) is 0 Å². The number of nitrogens with one attached hydrogen (secondary N) is 3. The van der Waals surface area contributed by atoms with E-state index in [-0.39, 0.29) is 19.3 Å². The second-order valence-corrected chi connectivity index (χ2v) is 8.74. The lowest BCUT2D eigenvalue weighted by Crippen LogP contribution is -2.59. The van der Waals surface area contributed by atoms with E-state index in [1.54, 1.807) is 20.1 Å². The quantitative estimate of drug-likeness (QED) is 0.120. The lowest BCUT2D eigenvalue weighted by Gasteiger charge is -2.26. The lowest BCUT2D eigenvalue weighted by atomic mass is 10.0. The summed E-state index contributed by atoms with van der Waals surface area (Å²) in [6.07, 6.45) is 1.19. The second-order valence-electron chi connectivity index (χ2n) is 7.75. The van der Waals surface area contributed by atoms with Gasteiger partial charge in [0.15, 0.2) is 0 Å². The van der Waals surface area contributed by atoms with Crippen molar-refractivity contribution in [2.45, 2.75) is 63.7 Å². The Labute approximate surface area is 196 Å². The lowest BCUT2D eigenvalue weighted by molar-refractivity contribution is -0.142. The zero-order valence-corrected chi connectivity index (χ0v) is 19.8. The number of carboxylic acid groups (broad SMARTS) is 1. The van der Waals surface area contributed by atoms with Crippen LogP contribution in [0.5, 0.6) is 0 Å². The van der Waals surface area contributed by atoms with E-state index in [2.05, 4.69) is 16.0 Å². The average molecular weight is 491 g/mol. The van der Waals surface area contributed by atoms with Crippen LogP contribution in [0.15, 0.2) is 0 Å². The number of carbonyl (C=O) groups is 6. The van der Waals surface area contributed by atoms with Crippen LogP contribution in [0.2, 0.25) is 0 Å². The molecule has 0 rings (SSSR count). The van der Waals surface area contributed by atoms with Crippen molar-refractivity contribution in [2.24, 2.45) is 23.1 Å². The third kappa shape index (κ3) is 12.1. The molecule has 5 amide bonds. The predicted octanol–water partition coefficient (Wildman–Crippen LogP) is -2.60. The number of amides is 5. The van der Waals surface area contributed by atoms with Crippen molar-refractivity contribution in [1.82, 2.24) is 16.0 Å². The van der Waals surface area contributed by atoms with E-state index in [4.69, 9.17) is 17.2 Å². The van der Waals surface area contributed by atoms with Gasteiger partial charge in [-0.15, -0.1) is 0 Å². The Balaban J connectivity index is 5.38. The molecule has 0 heterocycles. The second kappa shape index (κ2) is 15.1. The fourth-order valence-electron chi connectivity index (χ4n) is 2.66. The molecule has 0 bridgehead atoms. The first-order valence-electron chi connectivity index (χ1n) is 10.2. The van der Waals surface area contributed by atoms with E-state index in [0.717, 1.165) is 0 Å². The summed E-state index contributed by atoms with van der Waals surface area (Å²) in [5.74, 6) is -5.17. The molecule has 188 valence electrons. The summed E-state index contributed by atoms with van der Waals surface area (Å²) < 4.78 is 0. The number of hydrogen-bond acceptors (Lipinski definition) is 8. The van der Waals surface area contributed by atoms with Gasteiger partial charge in [-0.05, 0) is 30.8 Å². The molecule has 0 saturated heterocycles. The molecule has 14 heteroatoms. The average Bonchev–Trinajstić information content (AvgIpc) is 2.71. The maximum Gasteiger partial charge on any atom is 0.326 e. The molecule has 0 aromatic rings. The van der Waals surface area contributed by atoms with Gasteiger partial charge in [0, 0.05) is 6.42 Å². The Hall–Kier alpha value is -2.87. The summed E-state index contributed by atoms with van der Waals surface area (Å²) in [5, 5.41) is 16.4. The molecule has 0 aliphatic heterocycles. The topological polar surface area (TPSA) is 237 Å². The van der Waals surface area contributed by atoms with E-state index < -0.39 is 72.0 Å². The first-order valence-corrected chi connectivity index (χ1v) is 11.6. The van der Waals surface area contributed by atoms with E-state index in [0.29, 0.717) is 5.75 Å². The molecule has 0 aromatic carbocycles. The summed E-state index contributed by atoms with van der Waals surface area (Å²) in [4.78, 5) is 71.4. The van der Waals surface area contributed by atoms with Crippen LogP contribution in [-0.4, -0.2) is 76.8 Å². The standard InChI is InChI=1S/C19H34N6O7S/c1-9(2)15(25-16(28)10(20)4-5-13(21)26)18(30)24-12(8-14(22)27)17(29)23-11(19(31)32)6-7-33-3/h9-12,15H,4-8,20H2,1-3H3,(H2,21,26)(H2,22,27)(H,23,29)(H,24,30)(H,25,28)(H,31,32). The molecule has 10 N–H and O–H groups in total. The van der Waals surface area contributed by atoms with Gasteiger partial charge in [0.25, 0.3) is 0 Å². The maximum atomic E-state index is 12.8. The Morgan fingerprint density at radius 2 is 1.42 bits per heavy atom. The van der Waals surface area contributed by atoms with Crippen LogP contribution in [0.4, 0.5) is 0 Å². The molecule has 0 saturated carbocycles. The van der Waals surface area contributed by atoms with E-state index in [1.165, 1.54) is 11.8 Å². The zero-order chi connectivity index (χ0) is 25.7. The fourth-order valence-corrected chi connectivity index (χ4v) is 3.13. The summed E-state index contributed by atoms with van der Waals surface area (Å²) in [6.45, 7) is 3.26. The van der Waals surface area contributed by atoms with Gasteiger partial charge in [0.1, 0.15) is 18.1 Å². The molecule has 4 unspecified atom stereocenters. The first kappa shape index (κ1) is 30.1. The number of carboxylic acids is 1. The minimum atomic E-state index is -1.45. The molecule has 0 fully saturated rings. The maximum absolute atomic E-state index is 12.8. The number of aliphatic carboxylic acids is 1. The predicted molar refractivity (Wildman–Crippen MR) is 121 cm³/mol. The van der Waals surface area contributed by atoms with Gasteiger partial charge in [-0.3, -0.25) is 24.0 Å². The van der Waals surface area contributed by atoms with Crippen LogP contribution in [0.25, 0.3) is 0 Å². The van der Waals surface area contributed by atoms with Crippen LogP contribution in [0.3, 0.4) is 0 Å². The molecule has 0 aromatic heterocycles. The molecule has 33 heavy (non-hydrogen) atoms. The Morgan fingerprint density at radius 3 is 1.88 bits per heavy atom. The number of hydrogen-bond donors (Lipinski definition) is 7. The Bertz CT molecular complexity index is 733. The molecule has 4 atom stereocenters. The van der Waals surface area contributed by atoms with E-state index >= 15 is 0 Å². The van der Waals surface area contributed by atoms with Crippen LogP contribution in [0.1, 0.15) is 39.5 Å². The minimum absolute atomic E-state index is 0.0209. The molecular formula is C19H34N6O7S. The highest BCUT2D eigenvalue weighted by molar-refractivity contribution is 7.98. The summed E-state index contributed by atoms with van der Waals surface area (Å²) >= 11 is 1.39. The van der Waals surface area contributed by atoms with Gasteiger partial charge in [-0.25, -0.2) is 4.79 Å². The van der Waals surface area contributed by atoms with Gasteiger partial charge in [-0.2, -0.15) is 11.8 Å². The van der Waals surface area contributed by atoms with Crippen molar-refractivity contribution in [2.75, 3.05) is 12.0 Å². The number of carbonyl (C=O) groups excluding carboxylic acids is 5. The monoisotopic (exact) mass is 490 g/mol. The zero-order valence-electron chi connectivity index (χ0n) is 19.0. The number of thioether (sulfide) groups is 1. The van der Waals surface area contributed by atoms with Crippen molar-refractivity contribution in [3.8, 4) is 0 Å². The SMILES string of the molecule is CSCCC(NC(=O)C(CC(N)=O)NC(=O)C(NC(=O)C(N)CCC(N)=O)C(C)C)C(=O)O. The van der Waals surface area contributed by atoms with Crippen LogP contribution < -0.4 is 33.2 Å². The van der Waals surface area contributed by atoms with Crippen molar-refractivity contribution in [1.29, 1.82) is 0 Å². The molecule has 0 radical (unpaired) electrons. The molecular weight excluding hydrogens is 456 g/mol.